The van der Waals surface area contributed by atoms with Crippen molar-refractivity contribution >= 4 is 5.65 Å². The molecule has 0 aliphatic carbocycles. The molecule has 0 unspecified atom stereocenters. The van der Waals surface area contributed by atoms with E-state index in [2.05, 4.69) is 9.97 Å². The van der Waals surface area contributed by atoms with Crippen molar-refractivity contribution in [3.63, 3.8) is 0 Å². The van der Waals surface area contributed by atoms with Crippen LogP contribution in [0.4, 0.5) is 0 Å². The van der Waals surface area contributed by atoms with Gasteiger partial charge in [-0.2, -0.15) is 0 Å². The number of ether oxygens (including phenoxy) is 1. The molecule has 2 N–H and O–H groups in total. The summed E-state index contributed by atoms with van der Waals surface area (Å²) in [4.78, 5) is 8.75. The van der Waals surface area contributed by atoms with Crippen molar-refractivity contribution in [2.45, 2.75) is 20.1 Å². The number of hydrogen-bond donors (Lipinski definition) is 1. The molecule has 5 nitrogen and oxygen atoms in total. The van der Waals surface area contributed by atoms with E-state index in [0.29, 0.717) is 13.2 Å². The fourth-order valence-corrected chi connectivity index (χ4v) is 1.95. The average molecular weight is 268 g/mol. The lowest BCUT2D eigenvalue weighted by atomic mass is 10.2. The van der Waals surface area contributed by atoms with Gasteiger partial charge in [0.15, 0.2) is 0 Å². The fraction of sp³-hybridized carbons (Fsp3) is 0.200. The number of benzene rings is 1. The summed E-state index contributed by atoms with van der Waals surface area (Å²) in [6.07, 6.45) is 3.61. The Morgan fingerprint density at radius 1 is 1.20 bits per heavy atom. The lowest BCUT2D eigenvalue weighted by molar-refractivity contribution is 0.301. The molecule has 5 heteroatoms. The van der Waals surface area contributed by atoms with Gasteiger partial charge >= 0.3 is 0 Å². The van der Waals surface area contributed by atoms with Gasteiger partial charge in [-0.25, -0.2) is 9.97 Å². The molecule has 0 aliphatic rings. The summed E-state index contributed by atoms with van der Waals surface area (Å²) in [6.45, 7) is 2.90. The number of imidazole rings is 1. The zero-order valence-corrected chi connectivity index (χ0v) is 11.3. The normalized spacial score (nSPS) is 10.9. The van der Waals surface area contributed by atoms with Crippen LogP contribution in [0.5, 0.6) is 5.75 Å². The fourth-order valence-electron chi connectivity index (χ4n) is 1.95. The summed E-state index contributed by atoms with van der Waals surface area (Å²) in [7, 11) is 0. The minimum absolute atomic E-state index is 0.421. The van der Waals surface area contributed by atoms with Crippen LogP contribution >= 0.6 is 0 Å². The van der Waals surface area contributed by atoms with Gasteiger partial charge in [-0.15, -0.1) is 0 Å². The SMILES string of the molecule is Cc1ccc(OCc2cc3nc(CN)cn3cn2)cc1. The molecular formula is C15H16N4O. The molecule has 0 saturated heterocycles. The molecule has 102 valence electrons. The van der Waals surface area contributed by atoms with Crippen molar-refractivity contribution in [3.05, 3.63) is 59.8 Å². The summed E-state index contributed by atoms with van der Waals surface area (Å²) in [6, 6.07) is 9.86. The van der Waals surface area contributed by atoms with Crippen LogP contribution in [-0.4, -0.2) is 14.4 Å². The quantitative estimate of drug-likeness (QED) is 0.786. The first-order valence-electron chi connectivity index (χ1n) is 6.46. The number of aryl methyl sites for hydroxylation is 1. The van der Waals surface area contributed by atoms with E-state index >= 15 is 0 Å². The number of rotatable bonds is 4. The van der Waals surface area contributed by atoms with Crippen molar-refractivity contribution in [2.24, 2.45) is 5.73 Å². The average Bonchev–Trinajstić information content (AvgIpc) is 2.89. The molecular weight excluding hydrogens is 252 g/mol. The van der Waals surface area contributed by atoms with Gasteiger partial charge in [0, 0.05) is 18.8 Å². The van der Waals surface area contributed by atoms with Gasteiger partial charge in [-0.05, 0) is 19.1 Å². The Labute approximate surface area is 117 Å². The van der Waals surface area contributed by atoms with Crippen LogP contribution in [0.15, 0.2) is 42.9 Å². The van der Waals surface area contributed by atoms with E-state index in [0.717, 1.165) is 22.8 Å². The Bertz CT molecular complexity index is 718. The molecule has 3 aromatic rings. The van der Waals surface area contributed by atoms with Gasteiger partial charge in [0.05, 0.1) is 11.4 Å². The summed E-state index contributed by atoms with van der Waals surface area (Å²) >= 11 is 0. The van der Waals surface area contributed by atoms with Gasteiger partial charge in [0.2, 0.25) is 0 Å². The van der Waals surface area contributed by atoms with Crippen LogP contribution in [0.25, 0.3) is 5.65 Å². The highest BCUT2D eigenvalue weighted by atomic mass is 16.5. The standard InChI is InChI=1S/C15H16N4O/c1-11-2-4-14(5-3-11)20-9-12-6-15-18-13(7-16)8-19(15)10-17-12/h2-6,8,10H,7,9,16H2,1H3. The Hall–Kier alpha value is -2.40. The zero-order valence-electron chi connectivity index (χ0n) is 11.3. The molecule has 0 radical (unpaired) electrons. The van der Waals surface area contributed by atoms with Crippen molar-refractivity contribution in [3.8, 4) is 5.75 Å². The van der Waals surface area contributed by atoms with Gasteiger partial charge in [-0.3, -0.25) is 4.40 Å². The van der Waals surface area contributed by atoms with Gasteiger partial charge < -0.3 is 10.5 Å². The first kappa shape index (κ1) is 12.6. The minimum atomic E-state index is 0.421. The highest BCUT2D eigenvalue weighted by molar-refractivity contribution is 5.40. The maximum Gasteiger partial charge on any atom is 0.140 e. The van der Waals surface area contributed by atoms with E-state index in [1.807, 2.05) is 47.9 Å². The molecule has 0 bridgehead atoms. The van der Waals surface area contributed by atoms with Gasteiger partial charge in [0.25, 0.3) is 0 Å². The van der Waals surface area contributed by atoms with E-state index in [9.17, 15) is 0 Å². The van der Waals surface area contributed by atoms with E-state index in [-0.39, 0.29) is 0 Å². The maximum absolute atomic E-state index is 5.70. The largest absolute Gasteiger partial charge is 0.487 e. The molecule has 0 aliphatic heterocycles. The summed E-state index contributed by atoms with van der Waals surface area (Å²) in [5.41, 5.74) is 9.32. The Kier molecular flexibility index (Phi) is 3.35. The second-order valence-corrected chi connectivity index (χ2v) is 4.68. The number of nitrogens with zero attached hydrogens (tertiary/aromatic N) is 3. The molecule has 0 fully saturated rings. The van der Waals surface area contributed by atoms with Crippen molar-refractivity contribution in [1.82, 2.24) is 14.4 Å². The second kappa shape index (κ2) is 5.30. The van der Waals surface area contributed by atoms with E-state index in [1.165, 1.54) is 5.56 Å². The van der Waals surface area contributed by atoms with Crippen molar-refractivity contribution in [2.75, 3.05) is 0 Å². The van der Waals surface area contributed by atoms with E-state index in [4.69, 9.17) is 10.5 Å². The van der Waals surface area contributed by atoms with Gasteiger partial charge in [0.1, 0.15) is 24.3 Å². The van der Waals surface area contributed by atoms with Crippen LogP contribution in [0.1, 0.15) is 17.0 Å². The topological polar surface area (TPSA) is 65.4 Å². The number of hydrogen-bond acceptors (Lipinski definition) is 4. The lowest BCUT2D eigenvalue weighted by Gasteiger charge is -2.06. The molecule has 2 aromatic heterocycles. The molecule has 20 heavy (non-hydrogen) atoms. The Morgan fingerprint density at radius 3 is 2.75 bits per heavy atom. The Balaban J connectivity index is 1.75. The van der Waals surface area contributed by atoms with Crippen LogP contribution < -0.4 is 10.5 Å². The second-order valence-electron chi connectivity index (χ2n) is 4.68. The summed E-state index contributed by atoms with van der Waals surface area (Å²) < 4.78 is 7.56. The Morgan fingerprint density at radius 2 is 2.00 bits per heavy atom. The molecule has 0 amide bonds. The van der Waals surface area contributed by atoms with Crippen LogP contribution in [0.2, 0.25) is 0 Å². The monoisotopic (exact) mass is 268 g/mol. The number of nitrogens with two attached hydrogens (primary N) is 1. The maximum atomic E-state index is 5.70. The summed E-state index contributed by atoms with van der Waals surface area (Å²) in [5, 5.41) is 0. The van der Waals surface area contributed by atoms with Crippen LogP contribution in [0.3, 0.4) is 0 Å². The van der Waals surface area contributed by atoms with E-state index < -0.39 is 0 Å². The predicted molar refractivity (Wildman–Crippen MR) is 76.4 cm³/mol. The van der Waals surface area contributed by atoms with Crippen molar-refractivity contribution < 1.29 is 4.74 Å². The van der Waals surface area contributed by atoms with Crippen LogP contribution in [0, 0.1) is 6.92 Å². The first-order chi connectivity index (χ1) is 9.74. The molecule has 0 atom stereocenters. The third-order valence-electron chi connectivity index (χ3n) is 3.07. The number of aromatic nitrogens is 3. The molecule has 3 rings (SSSR count). The lowest BCUT2D eigenvalue weighted by Crippen LogP contribution is -1.99. The third-order valence-corrected chi connectivity index (χ3v) is 3.07. The first-order valence-corrected chi connectivity index (χ1v) is 6.46. The molecule has 1 aromatic carbocycles. The molecule has 2 heterocycles. The smallest absolute Gasteiger partial charge is 0.140 e. The third kappa shape index (κ3) is 2.62. The van der Waals surface area contributed by atoms with Crippen LogP contribution in [-0.2, 0) is 13.2 Å². The van der Waals surface area contributed by atoms with E-state index in [1.54, 1.807) is 6.33 Å². The molecule has 0 saturated carbocycles. The minimum Gasteiger partial charge on any atom is -0.487 e. The molecule has 0 spiro atoms. The predicted octanol–water partition coefficient (Wildman–Crippen LogP) is 2.08. The zero-order chi connectivity index (χ0) is 13.9. The van der Waals surface area contributed by atoms with Crippen molar-refractivity contribution in [1.29, 1.82) is 0 Å². The number of fused-ring (bicyclic) bond motifs is 1. The highest BCUT2D eigenvalue weighted by Gasteiger charge is 2.03. The summed E-state index contributed by atoms with van der Waals surface area (Å²) in [5.74, 6) is 0.836. The van der Waals surface area contributed by atoms with Gasteiger partial charge in [-0.1, -0.05) is 17.7 Å². The highest BCUT2D eigenvalue weighted by Crippen LogP contribution is 2.13.